The minimum absolute atomic E-state index is 0.269. The number of hydrogen-bond donors (Lipinski definition) is 2. The van der Waals surface area contributed by atoms with Gasteiger partial charge in [-0.2, -0.15) is 0 Å². The molecule has 0 saturated carbocycles. The number of aromatic hydroxyl groups is 1. The Morgan fingerprint density at radius 1 is 1.20 bits per heavy atom. The highest BCUT2D eigenvalue weighted by molar-refractivity contribution is 6.32. The maximum absolute atomic E-state index is 9.41. The van der Waals surface area contributed by atoms with Crippen LogP contribution in [-0.2, 0) is 6.54 Å². The van der Waals surface area contributed by atoms with Crippen LogP contribution in [0, 0.1) is 0 Å². The largest absolute Gasteiger partial charge is 0.508 e. The summed E-state index contributed by atoms with van der Waals surface area (Å²) in [5.41, 5.74) is 1.93. The average Bonchev–Trinajstić information content (AvgIpc) is 2.44. The van der Waals surface area contributed by atoms with Gasteiger partial charge in [0.05, 0.1) is 11.6 Å². The molecule has 0 amide bonds. The fourth-order valence-electron chi connectivity index (χ4n) is 1.81. The summed E-state index contributed by atoms with van der Waals surface area (Å²) in [5.74, 6) is 0.974. The van der Waals surface area contributed by atoms with E-state index in [-0.39, 0.29) is 5.75 Å². The molecule has 0 fully saturated rings. The van der Waals surface area contributed by atoms with Gasteiger partial charge < -0.3 is 15.2 Å². The molecule has 20 heavy (non-hydrogen) atoms. The lowest BCUT2D eigenvalue weighted by atomic mass is 10.2. The molecule has 0 aliphatic carbocycles. The van der Waals surface area contributed by atoms with Crippen molar-refractivity contribution in [3.63, 3.8) is 0 Å². The van der Waals surface area contributed by atoms with E-state index in [2.05, 4.69) is 12.2 Å². The van der Waals surface area contributed by atoms with Crippen LogP contribution in [0.15, 0.2) is 42.5 Å². The van der Waals surface area contributed by atoms with Crippen LogP contribution in [0.3, 0.4) is 0 Å². The number of phenols is 1. The van der Waals surface area contributed by atoms with E-state index >= 15 is 0 Å². The number of hydrogen-bond acceptors (Lipinski definition) is 3. The van der Waals surface area contributed by atoms with Crippen molar-refractivity contribution < 1.29 is 9.84 Å². The van der Waals surface area contributed by atoms with E-state index < -0.39 is 0 Å². The normalized spacial score (nSPS) is 10.3. The lowest BCUT2D eigenvalue weighted by Crippen LogP contribution is -2.00. The van der Waals surface area contributed by atoms with Crippen molar-refractivity contribution in [2.24, 2.45) is 0 Å². The van der Waals surface area contributed by atoms with Crippen LogP contribution < -0.4 is 10.1 Å². The number of ether oxygens (including phenoxy) is 1. The second-order valence-corrected chi connectivity index (χ2v) is 4.92. The molecule has 2 N–H and O–H groups in total. The van der Waals surface area contributed by atoms with Gasteiger partial charge in [0.2, 0.25) is 0 Å². The number of phenolic OH excluding ortho intramolecular Hbond substituents is 1. The van der Waals surface area contributed by atoms with E-state index in [4.69, 9.17) is 16.3 Å². The highest BCUT2D eigenvalue weighted by Crippen LogP contribution is 2.28. The maximum atomic E-state index is 9.41. The van der Waals surface area contributed by atoms with E-state index in [0.717, 1.165) is 17.7 Å². The summed E-state index contributed by atoms with van der Waals surface area (Å²) in [6.07, 6.45) is 0.952. The molecule has 4 heteroatoms. The molecule has 0 atom stereocenters. The van der Waals surface area contributed by atoms with Gasteiger partial charge in [0.15, 0.2) is 0 Å². The summed E-state index contributed by atoms with van der Waals surface area (Å²) in [7, 11) is 0. The number of benzene rings is 2. The van der Waals surface area contributed by atoms with Gasteiger partial charge in [-0.25, -0.2) is 0 Å². The van der Waals surface area contributed by atoms with Crippen LogP contribution in [-0.4, -0.2) is 11.7 Å². The van der Waals surface area contributed by atoms with Crippen LogP contribution in [0.2, 0.25) is 5.02 Å². The first-order valence-corrected chi connectivity index (χ1v) is 7.01. The minimum atomic E-state index is 0.269. The number of nitrogens with one attached hydrogen (secondary N) is 1. The predicted octanol–water partition coefficient (Wildman–Crippen LogP) is 4.45. The third-order valence-corrected chi connectivity index (χ3v) is 3.10. The Balaban J connectivity index is 1.98. The third-order valence-electron chi connectivity index (χ3n) is 2.80. The summed E-state index contributed by atoms with van der Waals surface area (Å²) in [5, 5.41) is 13.3. The number of anilines is 1. The first-order chi connectivity index (χ1) is 9.69. The van der Waals surface area contributed by atoms with Crippen LogP contribution >= 0.6 is 11.6 Å². The predicted molar refractivity (Wildman–Crippen MR) is 82.7 cm³/mol. The molecule has 0 aliphatic rings. The summed E-state index contributed by atoms with van der Waals surface area (Å²) in [6, 6.07) is 12.8. The van der Waals surface area contributed by atoms with E-state index in [9.17, 15) is 5.11 Å². The molecule has 0 unspecified atom stereocenters. The standard InChI is InChI=1S/C16H18ClNO2/c1-2-8-20-16-7-6-13(10-15(16)17)18-11-12-4-3-5-14(19)9-12/h3-7,9-10,18-19H,2,8,11H2,1H3. The van der Waals surface area contributed by atoms with Gasteiger partial charge in [-0.05, 0) is 42.3 Å². The van der Waals surface area contributed by atoms with Crippen LogP contribution in [0.25, 0.3) is 0 Å². The molecule has 0 heterocycles. The second kappa shape index (κ2) is 7.06. The molecular weight excluding hydrogens is 274 g/mol. The topological polar surface area (TPSA) is 41.5 Å². The zero-order valence-electron chi connectivity index (χ0n) is 11.4. The molecule has 0 aliphatic heterocycles. The Hall–Kier alpha value is -1.87. The van der Waals surface area contributed by atoms with Gasteiger partial charge in [-0.3, -0.25) is 0 Å². The summed E-state index contributed by atoms with van der Waals surface area (Å²) < 4.78 is 5.53. The van der Waals surface area contributed by atoms with Gasteiger partial charge >= 0.3 is 0 Å². The minimum Gasteiger partial charge on any atom is -0.508 e. The Labute approximate surface area is 124 Å². The lowest BCUT2D eigenvalue weighted by molar-refractivity contribution is 0.317. The SMILES string of the molecule is CCCOc1ccc(NCc2cccc(O)c2)cc1Cl. The molecule has 0 spiro atoms. The molecule has 0 aromatic heterocycles. The molecule has 2 rings (SSSR count). The van der Waals surface area contributed by atoms with Gasteiger partial charge in [-0.15, -0.1) is 0 Å². The van der Waals surface area contributed by atoms with Crippen molar-refractivity contribution in [2.75, 3.05) is 11.9 Å². The quantitative estimate of drug-likeness (QED) is 0.826. The molecule has 3 nitrogen and oxygen atoms in total. The number of halogens is 1. The fraction of sp³-hybridized carbons (Fsp3) is 0.250. The van der Waals surface area contributed by atoms with Gasteiger partial charge in [0, 0.05) is 12.2 Å². The Kier molecular flexibility index (Phi) is 5.13. The highest BCUT2D eigenvalue weighted by Gasteiger charge is 2.03. The van der Waals surface area contributed by atoms with Crippen molar-refractivity contribution >= 4 is 17.3 Å². The monoisotopic (exact) mass is 291 g/mol. The first kappa shape index (κ1) is 14.5. The molecule has 106 valence electrons. The Morgan fingerprint density at radius 3 is 2.75 bits per heavy atom. The molecule has 2 aromatic carbocycles. The smallest absolute Gasteiger partial charge is 0.138 e. The van der Waals surface area contributed by atoms with E-state index in [1.807, 2.05) is 30.3 Å². The first-order valence-electron chi connectivity index (χ1n) is 6.63. The van der Waals surface area contributed by atoms with E-state index in [0.29, 0.717) is 23.9 Å². The lowest BCUT2D eigenvalue weighted by Gasteiger charge is -2.10. The molecule has 2 aromatic rings. The van der Waals surface area contributed by atoms with Crippen LogP contribution in [0.1, 0.15) is 18.9 Å². The van der Waals surface area contributed by atoms with Crippen molar-refractivity contribution in [1.29, 1.82) is 0 Å². The average molecular weight is 292 g/mol. The molecule has 0 bridgehead atoms. The molecular formula is C16H18ClNO2. The summed E-state index contributed by atoms with van der Waals surface area (Å²) in [4.78, 5) is 0. The third kappa shape index (κ3) is 4.07. The highest BCUT2D eigenvalue weighted by atomic mass is 35.5. The van der Waals surface area contributed by atoms with Crippen molar-refractivity contribution in [3.8, 4) is 11.5 Å². The van der Waals surface area contributed by atoms with E-state index in [1.165, 1.54) is 0 Å². The second-order valence-electron chi connectivity index (χ2n) is 4.52. The van der Waals surface area contributed by atoms with Crippen molar-refractivity contribution in [1.82, 2.24) is 0 Å². The van der Waals surface area contributed by atoms with Crippen LogP contribution in [0.4, 0.5) is 5.69 Å². The van der Waals surface area contributed by atoms with Crippen LogP contribution in [0.5, 0.6) is 11.5 Å². The van der Waals surface area contributed by atoms with Crippen molar-refractivity contribution in [3.05, 3.63) is 53.1 Å². The molecule has 0 saturated heterocycles. The fourth-order valence-corrected chi connectivity index (χ4v) is 2.05. The van der Waals surface area contributed by atoms with Crippen molar-refractivity contribution in [2.45, 2.75) is 19.9 Å². The summed E-state index contributed by atoms with van der Waals surface area (Å²) in [6.45, 7) is 3.34. The van der Waals surface area contributed by atoms with E-state index in [1.54, 1.807) is 12.1 Å². The van der Waals surface area contributed by atoms with Gasteiger partial charge in [0.1, 0.15) is 11.5 Å². The summed E-state index contributed by atoms with van der Waals surface area (Å²) >= 11 is 6.17. The molecule has 0 radical (unpaired) electrons. The maximum Gasteiger partial charge on any atom is 0.138 e. The zero-order chi connectivity index (χ0) is 14.4. The Bertz CT molecular complexity index is 572. The number of rotatable bonds is 6. The van der Waals surface area contributed by atoms with Gasteiger partial charge in [0.25, 0.3) is 0 Å². The van der Waals surface area contributed by atoms with Gasteiger partial charge in [-0.1, -0.05) is 30.7 Å². The zero-order valence-corrected chi connectivity index (χ0v) is 12.2. The Morgan fingerprint density at radius 2 is 2.05 bits per heavy atom.